The first kappa shape index (κ1) is 18.4. The van der Waals surface area contributed by atoms with E-state index in [1.54, 1.807) is 0 Å². The van der Waals surface area contributed by atoms with Gasteiger partial charge in [0.2, 0.25) is 0 Å². The molecule has 0 aliphatic carbocycles. The Hall–Kier alpha value is -2.63. The van der Waals surface area contributed by atoms with Crippen LogP contribution in [0.1, 0.15) is 12.0 Å². The number of anilines is 2. The van der Waals surface area contributed by atoms with Crippen LogP contribution in [0.3, 0.4) is 0 Å². The van der Waals surface area contributed by atoms with Crippen molar-refractivity contribution in [2.45, 2.75) is 12.6 Å². The molecule has 1 rings (SSSR count). The highest BCUT2D eigenvalue weighted by molar-refractivity contribution is 5.85. The summed E-state index contributed by atoms with van der Waals surface area (Å²) in [6.45, 7) is 0.269. The summed E-state index contributed by atoms with van der Waals surface area (Å²) in [6.07, 6.45) is -4.74. The van der Waals surface area contributed by atoms with E-state index in [0.29, 0.717) is 6.42 Å². The fourth-order valence-electron chi connectivity index (χ4n) is 1.84. The Morgan fingerprint density at radius 3 is 2.35 bits per heavy atom. The van der Waals surface area contributed by atoms with E-state index in [9.17, 15) is 33.4 Å². The molecule has 12 heteroatoms. The third-order valence-corrected chi connectivity index (χ3v) is 2.83. The molecule has 0 radical (unpaired) electrons. The Balaban J connectivity index is 3.49. The van der Waals surface area contributed by atoms with Crippen molar-refractivity contribution in [1.82, 2.24) is 0 Å². The van der Waals surface area contributed by atoms with Gasteiger partial charge < -0.3 is 15.8 Å². The lowest BCUT2D eigenvalue weighted by Crippen LogP contribution is -2.15. The number of rotatable bonds is 7. The average molecular weight is 338 g/mol. The zero-order valence-electron chi connectivity index (χ0n) is 11.8. The third-order valence-electron chi connectivity index (χ3n) is 2.83. The van der Waals surface area contributed by atoms with E-state index in [-0.39, 0.29) is 19.2 Å². The van der Waals surface area contributed by atoms with Gasteiger partial charge in [-0.3, -0.25) is 20.2 Å². The van der Waals surface area contributed by atoms with Gasteiger partial charge in [-0.15, -0.1) is 0 Å². The van der Waals surface area contributed by atoms with Crippen molar-refractivity contribution in [3.63, 3.8) is 0 Å². The van der Waals surface area contributed by atoms with E-state index in [2.05, 4.69) is 5.32 Å². The normalized spacial score (nSPS) is 11.3. The molecule has 23 heavy (non-hydrogen) atoms. The largest absolute Gasteiger partial charge is 0.418 e. The second kappa shape index (κ2) is 7.09. The van der Waals surface area contributed by atoms with Gasteiger partial charge in [0, 0.05) is 26.3 Å². The molecular weight excluding hydrogens is 325 g/mol. The number of nitrogens with one attached hydrogen (secondary N) is 1. The molecule has 0 atom stereocenters. The van der Waals surface area contributed by atoms with Crippen molar-refractivity contribution < 1.29 is 27.8 Å². The minimum atomic E-state index is -5.06. The summed E-state index contributed by atoms with van der Waals surface area (Å²) >= 11 is 0. The molecule has 0 fully saturated rings. The summed E-state index contributed by atoms with van der Waals surface area (Å²) in [6, 6.07) is 0.182. The molecule has 0 amide bonds. The molecule has 1 aromatic carbocycles. The average Bonchev–Trinajstić information content (AvgIpc) is 2.41. The van der Waals surface area contributed by atoms with Crippen molar-refractivity contribution in [2.75, 3.05) is 31.3 Å². The van der Waals surface area contributed by atoms with Crippen LogP contribution in [0.2, 0.25) is 0 Å². The second-order valence-corrected chi connectivity index (χ2v) is 4.37. The van der Waals surface area contributed by atoms with E-state index >= 15 is 0 Å². The minimum Gasteiger partial charge on any atom is -0.393 e. The summed E-state index contributed by atoms with van der Waals surface area (Å²) in [7, 11) is 1.40. The highest BCUT2D eigenvalue weighted by atomic mass is 19.4. The van der Waals surface area contributed by atoms with Crippen LogP contribution < -0.4 is 11.1 Å². The Bertz CT molecular complexity index is 621. The van der Waals surface area contributed by atoms with Crippen LogP contribution in [0.4, 0.5) is 35.9 Å². The fraction of sp³-hybridized carbons (Fsp3) is 0.455. The number of nitrogens with zero attached hydrogens (tertiary/aromatic N) is 2. The van der Waals surface area contributed by atoms with Gasteiger partial charge in [-0.05, 0) is 6.42 Å². The number of nitro benzene ring substituents is 2. The smallest absolute Gasteiger partial charge is 0.393 e. The zero-order chi connectivity index (χ0) is 17.8. The monoisotopic (exact) mass is 338 g/mol. The van der Waals surface area contributed by atoms with Gasteiger partial charge in [0.05, 0.1) is 15.4 Å². The molecule has 0 aliphatic heterocycles. The van der Waals surface area contributed by atoms with Gasteiger partial charge in [-0.1, -0.05) is 0 Å². The van der Waals surface area contributed by atoms with E-state index < -0.39 is 44.3 Å². The predicted molar refractivity (Wildman–Crippen MR) is 74.1 cm³/mol. The maximum absolute atomic E-state index is 12.9. The molecule has 3 N–H and O–H groups in total. The predicted octanol–water partition coefficient (Wildman–Crippen LogP) is 2.55. The molecule has 0 aromatic heterocycles. The van der Waals surface area contributed by atoms with Gasteiger partial charge >= 0.3 is 11.9 Å². The number of hydrogen-bond acceptors (Lipinski definition) is 7. The zero-order valence-corrected chi connectivity index (χ0v) is 11.8. The molecule has 0 unspecified atom stereocenters. The van der Waals surface area contributed by atoms with Crippen molar-refractivity contribution in [3.05, 3.63) is 31.9 Å². The lowest BCUT2D eigenvalue weighted by Gasteiger charge is -2.14. The number of methoxy groups -OCH3 is 1. The SMILES string of the molecule is COCCCNc1c([N+](=O)[O-])cc(C(F)(F)F)c(N)c1[N+](=O)[O-]. The fourth-order valence-corrected chi connectivity index (χ4v) is 1.84. The van der Waals surface area contributed by atoms with Crippen LogP contribution in [0, 0.1) is 20.2 Å². The molecule has 1 aromatic rings. The van der Waals surface area contributed by atoms with Gasteiger partial charge in [0.25, 0.3) is 5.69 Å². The number of halogens is 3. The molecule has 9 nitrogen and oxygen atoms in total. The van der Waals surface area contributed by atoms with E-state index in [1.165, 1.54) is 7.11 Å². The van der Waals surface area contributed by atoms with Gasteiger partial charge in [0.1, 0.15) is 5.69 Å². The van der Waals surface area contributed by atoms with Crippen LogP contribution in [-0.4, -0.2) is 30.1 Å². The first-order valence-electron chi connectivity index (χ1n) is 6.16. The van der Waals surface area contributed by atoms with E-state index in [4.69, 9.17) is 10.5 Å². The van der Waals surface area contributed by atoms with E-state index in [1.807, 2.05) is 0 Å². The summed E-state index contributed by atoms with van der Waals surface area (Å²) in [4.78, 5) is 19.7. The van der Waals surface area contributed by atoms with Crippen LogP contribution in [0.5, 0.6) is 0 Å². The Morgan fingerprint density at radius 2 is 1.91 bits per heavy atom. The number of nitro groups is 2. The van der Waals surface area contributed by atoms with Crippen LogP contribution >= 0.6 is 0 Å². The van der Waals surface area contributed by atoms with Crippen LogP contribution in [0.15, 0.2) is 6.07 Å². The summed E-state index contributed by atoms with van der Waals surface area (Å²) in [5, 5.41) is 24.4. The summed E-state index contributed by atoms with van der Waals surface area (Å²) < 4.78 is 43.3. The number of nitrogens with two attached hydrogens (primary N) is 1. The third kappa shape index (κ3) is 4.18. The van der Waals surface area contributed by atoms with Gasteiger partial charge in [-0.25, -0.2) is 0 Å². The number of nitrogen functional groups attached to an aromatic ring is 1. The molecule has 0 bridgehead atoms. The topological polar surface area (TPSA) is 134 Å². The van der Waals surface area contributed by atoms with Crippen molar-refractivity contribution in [1.29, 1.82) is 0 Å². The molecular formula is C11H13F3N4O5. The Kier molecular flexibility index (Phi) is 5.68. The number of benzene rings is 1. The van der Waals surface area contributed by atoms with Gasteiger partial charge in [0.15, 0.2) is 5.69 Å². The molecule has 0 saturated carbocycles. The molecule has 0 heterocycles. The number of hydrogen-bond donors (Lipinski definition) is 2. The Morgan fingerprint density at radius 1 is 1.30 bits per heavy atom. The van der Waals surface area contributed by atoms with Crippen LogP contribution in [0.25, 0.3) is 0 Å². The van der Waals surface area contributed by atoms with Gasteiger partial charge in [-0.2, -0.15) is 13.2 Å². The second-order valence-electron chi connectivity index (χ2n) is 4.37. The lowest BCUT2D eigenvalue weighted by molar-refractivity contribution is -0.392. The number of ether oxygens (including phenoxy) is 1. The molecule has 0 spiro atoms. The maximum Gasteiger partial charge on any atom is 0.418 e. The molecule has 0 aliphatic rings. The maximum atomic E-state index is 12.9. The number of alkyl halides is 3. The van der Waals surface area contributed by atoms with Crippen molar-refractivity contribution >= 4 is 22.7 Å². The summed E-state index contributed by atoms with van der Waals surface area (Å²) in [5.41, 5.74) is -0.499. The standard InChI is InChI=1S/C11H13F3N4O5/c1-23-4-2-3-16-9-7(17(19)20)5-6(11(12,13)14)8(15)10(9)18(21)22/h5,16H,2-4,15H2,1H3. The first-order chi connectivity index (χ1) is 10.6. The minimum absolute atomic E-state index is 0.0142. The summed E-state index contributed by atoms with van der Waals surface area (Å²) in [5.74, 6) is 0. The van der Waals surface area contributed by atoms with Crippen molar-refractivity contribution in [2.24, 2.45) is 0 Å². The van der Waals surface area contributed by atoms with E-state index in [0.717, 1.165) is 0 Å². The van der Waals surface area contributed by atoms with Crippen LogP contribution in [-0.2, 0) is 10.9 Å². The first-order valence-corrected chi connectivity index (χ1v) is 6.16. The van der Waals surface area contributed by atoms with Crippen molar-refractivity contribution in [3.8, 4) is 0 Å². The highest BCUT2D eigenvalue weighted by Gasteiger charge is 2.41. The quantitative estimate of drug-likeness (QED) is 0.338. The lowest BCUT2D eigenvalue weighted by atomic mass is 10.1. The Labute approximate surface area is 127 Å². The molecule has 0 saturated heterocycles. The highest BCUT2D eigenvalue weighted by Crippen LogP contribution is 2.46. The molecule has 128 valence electrons.